The predicted octanol–water partition coefficient (Wildman–Crippen LogP) is 1.49. The van der Waals surface area contributed by atoms with Gasteiger partial charge in [0, 0.05) is 7.05 Å². The normalized spacial score (nSPS) is 13.6. The highest BCUT2D eigenvalue weighted by molar-refractivity contribution is 9.10. The van der Waals surface area contributed by atoms with Crippen molar-refractivity contribution in [2.45, 2.75) is 19.4 Å². The van der Waals surface area contributed by atoms with Crippen molar-refractivity contribution < 1.29 is 8.78 Å². The van der Waals surface area contributed by atoms with Crippen molar-refractivity contribution in [3.05, 3.63) is 10.3 Å². The Kier molecular flexibility index (Phi) is 3.94. The average molecular weight is 269 g/mol. The van der Waals surface area contributed by atoms with Crippen molar-refractivity contribution >= 4 is 15.9 Å². The minimum absolute atomic E-state index is 0.353. The third-order valence-corrected chi connectivity index (χ3v) is 2.36. The van der Waals surface area contributed by atoms with E-state index in [2.05, 4.69) is 31.6 Å². The lowest BCUT2D eigenvalue weighted by Crippen LogP contribution is -2.29. The molecule has 0 saturated carbocycles. The van der Waals surface area contributed by atoms with Crippen LogP contribution in [0.2, 0.25) is 0 Å². The van der Waals surface area contributed by atoms with Crippen molar-refractivity contribution in [2.75, 3.05) is 6.54 Å². The Labute approximate surface area is 88.8 Å². The first-order chi connectivity index (χ1) is 6.57. The summed E-state index contributed by atoms with van der Waals surface area (Å²) in [4.78, 5) is 0. The fourth-order valence-electron chi connectivity index (χ4n) is 1.19. The summed E-state index contributed by atoms with van der Waals surface area (Å²) in [7, 11) is 1.58. The highest BCUT2D eigenvalue weighted by atomic mass is 79.9. The van der Waals surface area contributed by atoms with E-state index in [4.69, 9.17) is 0 Å². The number of hydrogen-bond donors (Lipinski definition) is 1. The van der Waals surface area contributed by atoms with Gasteiger partial charge in [-0.05, 0) is 22.5 Å². The molecule has 0 saturated heterocycles. The monoisotopic (exact) mass is 268 g/mol. The lowest BCUT2D eigenvalue weighted by Gasteiger charge is -2.16. The summed E-state index contributed by atoms with van der Waals surface area (Å²) in [6.45, 7) is 2.24. The highest BCUT2D eigenvalue weighted by Crippen LogP contribution is 2.25. The number of rotatable bonds is 4. The first kappa shape index (κ1) is 11.5. The molecule has 1 N–H and O–H groups in total. The van der Waals surface area contributed by atoms with Crippen molar-refractivity contribution in [3.8, 4) is 0 Å². The second-order valence-corrected chi connectivity index (χ2v) is 3.51. The van der Waals surface area contributed by atoms with E-state index in [1.54, 1.807) is 14.0 Å². The quantitative estimate of drug-likeness (QED) is 0.900. The lowest BCUT2D eigenvalue weighted by molar-refractivity contribution is 0.0952. The van der Waals surface area contributed by atoms with E-state index in [1.807, 2.05) is 0 Å². The minimum atomic E-state index is -2.48. The zero-order valence-electron chi connectivity index (χ0n) is 7.84. The number of alkyl halides is 2. The number of aryl methyl sites for hydroxylation is 1. The van der Waals surface area contributed by atoms with Gasteiger partial charge in [0.25, 0.3) is 6.43 Å². The van der Waals surface area contributed by atoms with Crippen LogP contribution in [0, 0.1) is 0 Å². The number of hydrogen-bond acceptors (Lipinski definition) is 3. The van der Waals surface area contributed by atoms with Crippen molar-refractivity contribution in [2.24, 2.45) is 7.05 Å². The second-order valence-electron chi connectivity index (χ2n) is 2.76. The van der Waals surface area contributed by atoms with Crippen molar-refractivity contribution in [1.82, 2.24) is 20.3 Å². The Morgan fingerprint density at radius 1 is 1.57 bits per heavy atom. The summed E-state index contributed by atoms with van der Waals surface area (Å²) in [5.74, 6) is 0. The molecule has 14 heavy (non-hydrogen) atoms. The molecule has 0 aliphatic rings. The van der Waals surface area contributed by atoms with Gasteiger partial charge in [0.15, 0.2) is 4.60 Å². The SMILES string of the molecule is CCNC(c1c(Br)nnn1C)C(F)F. The Bertz CT molecular complexity index is 282. The third-order valence-electron chi connectivity index (χ3n) is 1.80. The zero-order chi connectivity index (χ0) is 10.7. The molecule has 1 unspecified atom stereocenters. The van der Waals surface area contributed by atoms with Gasteiger partial charge < -0.3 is 5.32 Å². The molecular formula is C7H11BrF2N4. The van der Waals surface area contributed by atoms with Gasteiger partial charge in [-0.25, -0.2) is 13.5 Å². The Morgan fingerprint density at radius 3 is 2.57 bits per heavy atom. The van der Waals surface area contributed by atoms with E-state index in [0.717, 1.165) is 0 Å². The average Bonchev–Trinajstić information content (AvgIpc) is 2.43. The fraction of sp³-hybridized carbons (Fsp3) is 0.714. The maximum Gasteiger partial charge on any atom is 0.259 e. The van der Waals surface area contributed by atoms with E-state index in [-0.39, 0.29) is 0 Å². The van der Waals surface area contributed by atoms with Crippen LogP contribution in [0.3, 0.4) is 0 Å². The van der Waals surface area contributed by atoms with Gasteiger partial charge in [0.2, 0.25) is 0 Å². The summed E-state index contributed by atoms with van der Waals surface area (Å²) in [5.41, 5.74) is 0.363. The molecular weight excluding hydrogens is 258 g/mol. The molecule has 1 atom stereocenters. The Morgan fingerprint density at radius 2 is 2.21 bits per heavy atom. The maximum absolute atomic E-state index is 12.7. The van der Waals surface area contributed by atoms with E-state index in [9.17, 15) is 8.78 Å². The first-order valence-electron chi connectivity index (χ1n) is 4.14. The maximum atomic E-state index is 12.7. The van der Waals surface area contributed by atoms with E-state index in [0.29, 0.717) is 16.8 Å². The molecule has 0 fully saturated rings. The predicted molar refractivity (Wildman–Crippen MR) is 51.1 cm³/mol. The zero-order valence-corrected chi connectivity index (χ0v) is 9.42. The topological polar surface area (TPSA) is 42.7 Å². The number of aromatic nitrogens is 3. The van der Waals surface area contributed by atoms with Gasteiger partial charge in [-0.2, -0.15) is 0 Å². The van der Waals surface area contributed by atoms with Crippen LogP contribution < -0.4 is 5.32 Å². The van der Waals surface area contributed by atoms with Crippen LogP contribution in [-0.2, 0) is 7.05 Å². The standard InChI is InChI=1S/C7H11BrF2N4/c1-3-11-4(7(9)10)5-6(8)12-13-14(5)2/h4,7,11H,3H2,1-2H3. The molecule has 7 heteroatoms. The second kappa shape index (κ2) is 4.79. The summed E-state index contributed by atoms with van der Waals surface area (Å²) < 4.78 is 27.0. The van der Waals surface area contributed by atoms with Crippen LogP contribution in [-0.4, -0.2) is 28.0 Å². The van der Waals surface area contributed by atoms with Crippen molar-refractivity contribution in [3.63, 3.8) is 0 Å². The van der Waals surface area contributed by atoms with Crippen LogP contribution in [0.25, 0.3) is 0 Å². The number of nitrogens with zero attached hydrogens (tertiary/aromatic N) is 3. The van der Waals surface area contributed by atoms with Gasteiger partial charge in [0.05, 0.1) is 5.69 Å². The molecule has 4 nitrogen and oxygen atoms in total. The number of nitrogens with one attached hydrogen (secondary N) is 1. The molecule has 1 aromatic rings. The summed E-state index contributed by atoms with van der Waals surface area (Å²) in [5, 5.41) is 9.99. The molecule has 0 aliphatic carbocycles. The van der Waals surface area contributed by atoms with E-state index >= 15 is 0 Å². The van der Waals surface area contributed by atoms with Gasteiger partial charge in [-0.1, -0.05) is 12.1 Å². The molecule has 1 aromatic heterocycles. The summed E-state index contributed by atoms with van der Waals surface area (Å²) in [6.07, 6.45) is -2.48. The lowest BCUT2D eigenvalue weighted by atomic mass is 10.2. The summed E-state index contributed by atoms with van der Waals surface area (Å²) >= 11 is 3.09. The third kappa shape index (κ3) is 2.27. The molecule has 0 aliphatic heterocycles. The highest BCUT2D eigenvalue weighted by Gasteiger charge is 2.27. The summed E-state index contributed by atoms with van der Waals surface area (Å²) in [6, 6.07) is -1.03. The Hall–Kier alpha value is -0.560. The van der Waals surface area contributed by atoms with E-state index < -0.39 is 12.5 Å². The molecule has 1 rings (SSSR count). The van der Waals surface area contributed by atoms with Crippen molar-refractivity contribution in [1.29, 1.82) is 0 Å². The molecule has 0 aromatic carbocycles. The van der Waals surface area contributed by atoms with Crippen LogP contribution >= 0.6 is 15.9 Å². The van der Waals surface area contributed by atoms with Crippen LogP contribution in [0.1, 0.15) is 18.7 Å². The van der Waals surface area contributed by atoms with Gasteiger partial charge in [0.1, 0.15) is 6.04 Å². The van der Waals surface area contributed by atoms with Gasteiger partial charge >= 0.3 is 0 Å². The largest absolute Gasteiger partial charge is 0.304 e. The molecule has 0 amide bonds. The molecule has 0 bridgehead atoms. The van der Waals surface area contributed by atoms with Crippen LogP contribution in [0.5, 0.6) is 0 Å². The molecule has 0 spiro atoms. The van der Waals surface area contributed by atoms with E-state index in [1.165, 1.54) is 4.68 Å². The fourth-order valence-corrected chi connectivity index (χ4v) is 1.77. The van der Waals surface area contributed by atoms with Crippen LogP contribution in [0.15, 0.2) is 4.60 Å². The Balaban J connectivity index is 2.98. The van der Waals surface area contributed by atoms with Gasteiger partial charge in [-0.15, -0.1) is 5.10 Å². The number of halogens is 3. The minimum Gasteiger partial charge on any atom is -0.304 e. The first-order valence-corrected chi connectivity index (χ1v) is 4.93. The molecule has 1 heterocycles. The molecule has 80 valence electrons. The van der Waals surface area contributed by atoms with Gasteiger partial charge in [-0.3, -0.25) is 0 Å². The van der Waals surface area contributed by atoms with Crippen LogP contribution in [0.4, 0.5) is 8.78 Å². The smallest absolute Gasteiger partial charge is 0.259 e. The molecule has 0 radical (unpaired) electrons.